The molecule has 2 aromatic carbocycles. The highest BCUT2D eigenvalue weighted by Gasteiger charge is 2.12. The van der Waals surface area contributed by atoms with Crippen LogP contribution in [0.15, 0.2) is 42.5 Å². The van der Waals surface area contributed by atoms with E-state index in [-0.39, 0.29) is 16.9 Å². The maximum Gasteiger partial charge on any atom is 0.335 e. The van der Waals surface area contributed by atoms with Crippen molar-refractivity contribution in [3.63, 3.8) is 0 Å². The SMILES string of the molecule is CCCCCCCCCCCCCCCCCCOCC#Cc1cccc(Oc2cc(C(=O)O)cc(C(=O)O)c2)c1. The average Bonchev–Trinajstić information content (AvgIpc) is 2.96. The van der Waals surface area contributed by atoms with E-state index in [9.17, 15) is 19.8 Å². The Bertz CT molecular complexity index is 1070. The molecule has 0 unspecified atom stereocenters. The van der Waals surface area contributed by atoms with E-state index < -0.39 is 11.9 Å². The Morgan fingerprint density at radius 1 is 0.659 bits per heavy atom. The molecule has 0 radical (unpaired) electrons. The number of carbonyl (C=O) groups is 2. The Morgan fingerprint density at radius 2 is 1.17 bits per heavy atom. The number of carboxylic acids is 2. The largest absolute Gasteiger partial charge is 0.478 e. The van der Waals surface area contributed by atoms with E-state index in [1.165, 1.54) is 108 Å². The van der Waals surface area contributed by atoms with Gasteiger partial charge >= 0.3 is 11.9 Å². The van der Waals surface area contributed by atoms with Gasteiger partial charge in [-0.05, 0) is 42.8 Å². The molecule has 0 aliphatic carbocycles. The summed E-state index contributed by atoms with van der Waals surface area (Å²) in [5.74, 6) is 4.17. The van der Waals surface area contributed by atoms with E-state index in [0.29, 0.717) is 19.0 Å². The van der Waals surface area contributed by atoms with Crippen LogP contribution in [0.1, 0.15) is 136 Å². The van der Waals surface area contributed by atoms with Crippen LogP contribution in [0, 0.1) is 11.8 Å². The average molecular weight is 565 g/mol. The molecule has 6 heteroatoms. The third-order valence-electron chi connectivity index (χ3n) is 7.02. The summed E-state index contributed by atoms with van der Waals surface area (Å²) in [4.78, 5) is 22.6. The molecule has 0 aliphatic rings. The summed E-state index contributed by atoms with van der Waals surface area (Å²) in [7, 11) is 0. The Kier molecular flexibility index (Phi) is 17.7. The van der Waals surface area contributed by atoms with Crippen LogP contribution in [0.5, 0.6) is 11.5 Å². The number of ether oxygens (including phenoxy) is 2. The molecule has 2 aromatic rings. The molecule has 0 aromatic heterocycles. The second-order valence-corrected chi connectivity index (χ2v) is 10.6. The van der Waals surface area contributed by atoms with Crippen LogP contribution in [0.2, 0.25) is 0 Å². The predicted molar refractivity (Wildman–Crippen MR) is 164 cm³/mol. The van der Waals surface area contributed by atoms with Crippen molar-refractivity contribution >= 4 is 11.9 Å². The lowest BCUT2D eigenvalue weighted by Crippen LogP contribution is -2.03. The predicted octanol–water partition coefficient (Wildman–Crippen LogP) is 9.50. The molecule has 0 bridgehead atoms. The van der Waals surface area contributed by atoms with Crippen molar-refractivity contribution in [3.8, 4) is 23.3 Å². The maximum absolute atomic E-state index is 11.3. The molecule has 2 N–H and O–H groups in total. The van der Waals surface area contributed by atoms with Crippen LogP contribution in [-0.4, -0.2) is 35.4 Å². The van der Waals surface area contributed by atoms with Gasteiger partial charge in [0.05, 0.1) is 11.1 Å². The second-order valence-electron chi connectivity index (χ2n) is 10.6. The molecular weight excluding hydrogens is 516 g/mol. The summed E-state index contributed by atoms with van der Waals surface area (Å²) >= 11 is 0. The Balaban J connectivity index is 1.53. The maximum atomic E-state index is 11.3. The van der Waals surface area contributed by atoms with Gasteiger partial charge in [-0.1, -0.05) is 121 Å². The molecule has 0 saturated heterocycles. The fourth-order valence-electron chi connectivity index (χ4n) is 4.69. The van der Waals surface area contributed by atoms with Gasteiger partial charge in [-0.25, -0.2) is 9.59 Å². The van der Waals surface area contributed by atoms with Crippen molar-refractivity contribution < 1.29 is 29.3 Å². The standard InChI is InChI=1S/C35H48O6/c1-2-3-4-5-6-7-8-9-10-11-12-13-14-15-16-17-23-40-24-19-21-29-20-18-22-32(25-29)41-33-27-30(34(36)37)26-31(28-33)35(38)39/h18,20,22,25-28H,2-17,23-24H2,1H3,(H,36,37)(H,38,39). The lowest BCUT2D eigenvalue weighted by atomic mass is 10.0. The zero-order valence-corrected chi connectivity index (χ0v) is 24.8. The molecule has 0 atom stereocenters. The molecule has 41 heavy (non-hydrogen) atoms. The van der Waals surface area contributed by atoms with Crippen LogP contribution < -0.4 is 4.74 Å². The quantitative estimate of drug-likeness (QED) is 0.109. The molecule has 0 aliphatic heterocycles. The lowest BCUT2D eigenvalue weighted by Gasteiger charge is -2.08. The summed E-state index contributed by atoms with van der Waals surface area (Å²) in [5, 5.41) is 18.5. The van der Waals surface area contributed by atoms with Crippen molar-refractivity contribution in [1.29, 1.82) is 0 Å². The van der Waals surface area contributed by atoms with Crippen LogP contribution >= 0.6 is 0 Å². The summed E-state index contributed by atoms with van der Waals surface area (Å²) in [6.45, 7) is 3.34. The van der Waals surface area contributed by atoms with E-state index in [1.807, 2.05) is 6.07 Å². The molecule has 0 fully saturated rings. The number of hydrogen-bond donors (Lipinski definition) is 2. The first-order chi connectivity index (χ1) is 20.0. The Labute approximate surface area is 246 Å². The van der Waals surface area contributed by atoms with Crippen molar-refractivity contribution in [2.45, 2.75) is 110 Å². The van der Waals surface area contributed by atoms with Crippen LogP contribution in [0.4, 0.5) is 0 Å². The number of unbranched alkanes of at least 4 members (excludes halogenated alkanes) is 15. The van der Waals surface area contributed by atoms with E-state index in [0.717, 1.165) is 18.1 Å². The Hall–Kier alpha value is -3.30. The van der Waals surface area contributed by atoms with Gasteiger partial charge in [-0.15, -0.1) is 0 Å². The molecule has 6 nitrogen and oxygen atoms in total. The summed E-state index contributed by atoms with van der Waals surface area (Å²) in [6, 6.07) is 10.7. The van der Waals surface area contributed by atoms with Gasteiger partial charge in [0.25, 0.3) is 0 Å². The van der Waals surface area contributed by atoms with Crippen molar-refractivity contribution in [2.24, 2.45) is 0 Å². The first kappa shape index (κ1) is 33.9. The second kappa shape index (κ2) is 21.4. The number of carboxylic acid groups (broad SMARTS) is 2. The summed E-state index contributed by atoms with van der Waals surface area (Å²) in [5.41, 5.74) is 0.413. The smallest absolute Gasteiger partial charge is 0.335 e. The monoisotopic (exact) mass is 564 g/mol. The van der Waals surface area contributed by atoms with Crippen LogP contribution in [0.3, 0.4) is 0 Å². The highest BCUT2D eigenvalue weighted by Crippen LogP contribution is 2.25. The van der Waals surface area contributed by atoms with Crippen molar-refractivity contribution in [2.75, 3.05) is 13.2 Å². The van der Waals surface area contributed by atoms with Crippen molar-refractivity contribution in [3.05, 3.63) is 59.2 Å². The van der Waals surface area contributed by atoms with Gasteiger partial charge < -0.3 is 19.7 Å². The number of hydrogen-bond acceptors (Lipinski definition) is 4. The van der Waals surface area contributed by atoms with Gasteiger partial charge in [0, 0.05) is 12.2 Å². The molecule has 0 saturated carbocycles. The molecule has 224 valence electrons. The first-order valence-electron chi connectivity index (χ1n) is 15.5. The van der Waals surface area contributed by atoms with Gasteiger partial charge in [-0.2, -0.15) is 0 Å². The van der Waals surface area contributed by atoms with Gasteiger partial charge in [0.15, 0.2) is 0 Å². The van der Waals surface area contributed by atoms with Crippen molar-refractivity contribution in [1.82, 2.24) is 0 Å². The van der Waals surface area contributed by atoms with E-state index in [2.05, 4.69) is 18.8 Å². The van der Waals surface area contributed by atoms with Gasteiger partial charge in [0.2, 0.25) is 0 Å². The Morgan fingerprint density at radius 3 is 1.68 bits per heavy atom. The fraction of sp³-hybridized carbons (Fsp3) is 0.543. The van der Waals surface area contributed by atoms with E-state index in [1.54, 1.807) is 18.2 Å². The minimum atomic E-state index is -1.22. The normalized spacial score (nSPS) is 10.7. The zero-order chi connectivity index (χ0) is 29.5. The van der Waals surface area contributed by atoms with E-state index in [4.69, 9.17) is 9.47 Å². The minimum absolute atomic E-state index is 0.134. The number of aromatic carboxylic acids is 2. The molecule has 0 spiro atoms. The zero-order valence-electron chi connectivity index (χ0n) is 24.8. The molecule has 2 rings (SSSR count). The number of rotatable bonds is 22. The molecule has 0 amide bonds. The van der Waals surface area contributed by atoms with Gasteiger partial charge in [0.1, 0.15) is 18.1 Å². The van der Waals surface area contributed by atoms with Crippen LogP contribution in [-0.2, 0) is 4.74 Å². The summed E-state index contributed by atoms with van der Waals surface area (Å²) < 4.78 is 11.4. The van der Waals surface area contributed by atoms with Gasteiger partial charge in [-0.3, -0.25) is 0 Å². The summed E-state index contributed by atoms with van der Waals surface area (Å²) in [6.07, 6.45) is 21.6. The highest BCUT2D eigenvalue weighted by atomic mass is 16.5. The fourth-order valence-corrected chi connectivity index (χ4v) is 4.69. The number of benzene rings is 2. The third-order valence-corrected chi connectivity index (χ3v) is 7.02. The van der Waals surface area contributed by atoms with Crippen LogP contribution in [0.25, 0.3) is 0 Å². The molecular formula is C35H48O6. The topological polar surface area (TPSA) is 93.1 Å². The lowest BCUT2D eigenvalue weighted by molar-refractivity contribution is 0.0696. The first-order valence-corrected chi connectivity index (χ1v) is 15.5. The molecule has 0 heterocycles. The van der Waals surface area contributed by atoms with E-state index >= 15 is 0 Å². The highest BCUT2D eigenvalue weighted by molar-refractivity contribution is 5.94. The third kappa shape index (κ3) is 15.9. The minimum Gasteiger partial charge on any atom is -0.478 e.